The van der Waals surface area contributed by atoms with Crippen LogP contribution >= 0.6 is 0 Å². The van der Waals surface area contributed by atoms with Crippen molar-refractivity contribution < 1.29 is 13.5 Å². The number of ether oxygens (including phenoxy) is 1. The molecule has 0 saturated heterocycles. The first-order chi connectivity index (χ1) is 10.0. The molecule has 2 aromatic rings. The van der Waals surface area contributed by atoms with E-state index in [1.165, 1.54) is 0 Å². The summed E-state index contributed by atoms with van der Waals surface area (Å²) in [6, 6.07) is 4.00. The number of halogens is 2. The highest BCUT2D eigenvalue weighted by Crippen LogP contribution is 2.24. The monoisotopic (exact) mass is 295 g/mol. The van der Waals surface area contributed by atoms with Crippen LogP contribution in [0.5, 0.6) is 5.75 Å². The number of nitrogens with zero attached hydrogens (tertiary/aromatic N) is 2. The lowest BCUT2D eigenvalue weighted by Gasteiger charge is -2.12. The molecule has 2 N–H and O–H groups in total. The zero-order chi connectivity index (χ0) is 15.4. The van der Waals surface area contributed by atoms with Crippen LogP contribution in [0.3, 0.4) is 0 Å². The molecule has 6 heteroatoms. The fourth-order valence-electron chi connectivity index (χ4n) is 2.13. The van der Waals surface area contributed by atoms with Gasteiger partial charge in [-0.15, -0.1) is 0 Å². The van der Waals surface area contributed by atoms with E-state index < -0.39 is 11.6 Å². The number of nitrogen functional groups attached to an aromatic ring is 1. The summed E-state index contributed by atoms with van der Waals surface area (Å²) in [5.74, 6) is -1.55. The lowest BCUT2D eigenvalue weighted by Crippen LogP contribution is -2.08. The fourth-order valence-corrected chi connectivity index (χ4v) is 2.13. The maximum atomic E-state index is 13.6. The van der Waals surface area contributed by atoms with E-state index in [2.05, 4.69) is 18.9 Å². The van der Waals surface area contributed by atoms with Gasteiger partial charge in [0.2, 0.25) is 0 Å². The van der Waals surface area contributed by atoms with Crippen molar-refractivity contribution in [1.82, 2.24) is 9.78 Å². The van der Waals surface area contributed by atoms with E-state index >= 15 is 0 Å². The SMILES string of the molecule is CCC(CC)n1ccc(COc2cc(F)c(N)cc2F)n1. The number of anilines is 1. The van der Waals surface area contributed by atoms with Crippen molar-refractivity contribution in [3.8, 4) is 5.75 Å². The molecule has 0 fully saturated rings. The van der Waals surface area contributed by atoms with Crippen LogP contribution in [-0.4, -0.2) is 9.78 Å². The molecule has 0 unspecified atom stereocenters. The zero-order valence-corrected chi connectivity index (χ0v) is 12.1. The van der Waals surface area contributed by atoms with Gasteiger partial charge in [0.05, 0.1) is 17.4 Å². The molecule has 0 atom stereocenters. The number of benzene rings is 1. The second kappa shape index (κ2) is 6.56. The van der Waals surface area contributed by atoms with E-state index in [9.17, 15) is 8.78 Å². The number of hydrogen-bond donors (Lipinski definition) is 1. The van der Waals surface area contributed by atoms with Gasteiger partial charge in [0, 0.05) is 18.3 Å². The fraction of sp³-hybridized carbons (Fsp3) is 0.400. The molecule has 4 nitrogen and oxygen atoms in total. The quantitative estimate of drug-likeness (QED) is 0.827. The maximum absolute atomic E-state index is 13.6. The Morgan fingerprint density at radius 1 is 1.24 bits per heavy atom. The second-order valence-electron chi connectivity index (χ2n) is 4.85. The highest BCUT2D eigenvalue weighted by atomic mass is 19.1. The van der Waals surface area contributed by atoms with Crippen LogP contribution in [0.25, 0.3) is 0 Å². The number of hydrogen-bond acceptors (Lipinski definition) is 3. The zero-order valence-electron chi connectivity index (χ0n) is 12.1. The molecule has 0 amide bonds. The molecule has 0 saturated carbocycles. The minimum atomic E-state index is -0.700. The van der Waals surface area contributed by atoms with Crippen LogP contribution in [0, 0.1) is 11.6 Å². The van der Waals surface area contributed by atoms with E-state index in [4.69, 9.17) is 10.5 Å². The predicted octanol–water partition coefficient (Wildman–Crippen LogP) is 3.68. The Bertz CT molecular complexity index is 609. The molecule has 1 aromatic heterocycles. The smallest absolute Gasteiger partial charge is 0.167 e. The molecule has 0 aliphatic heterocycles. The van der Waals surface area contributed by atoms with Crippen LogP contribution in [0.15, 0.2) is 24.4 Å². The summed E-state index contributed by atoms with van der Waals surface area (Å²) >= 11 is 0. The van der Waals surface area contributed by atoms with Gasteiger partial charge < -0.3 is 10.5 Å². The Kier molecular flexibility index (Phi) is 4.77. The molecule has 0 aliphatic rings. The van der Waals surface area contributed by atoms with Crippen LogP contribution < -0.4 is 10.5 Å². The summed E-state index contributed by atoms with van der Waals surface area (Å²) in [7, 11) is 0. The van der Waals surface area contributed by atoms with Crippen molar-refractivity contribution in [3.63, 3.8) is 0 Å². The first-order valence-corrected chi connectivity index (χ1v) is 6.96. The second-order valence-corrected chi connectivity index (χ2v) is 4.85. The molecule has 0 aliphatic carbocycles. The molecular formula is C15H19F2N3O. The first-order valence-electron chi connectivity index (χ1n) is 6.96. The third-order valence-electron chi connectivity index (χ3n) is 3.41. The number of aromatic nitrogens is 2. The van der Waals surface area contributed by atoms with Crippen molar-refractivity contribution >= 4 is 5.69 Å². The predicted molar refractivity (Wildman–Crippen MR) is 76.9 cm³/mol. The third-order valence-corrected chi connectivity index (χ3v) is 3.41. The van der Waals surface area contributed by atoms with Crippen molar-refractivity contribution in [1.29, 1.82) is 0 Å². The summed E-state index contributed by atoms with van der Waals surface area (Å²) in [5.41, 5.74) is 5.71. The average molecular weight is 295 g/mol. The van der Waals surface area contributed by atoms with Gasteiger partial charge in [-0.2, -0.15) is 5.10 Å². The van der Waals surface area contributed by atoms with Gasteiger partial charge in [0.15, 0.2) is 11.6 Å². The molecule has 1 heterocycles. The summed E-state index contributed by atoms with van der Waals surface area (Å²) < 4.78 is 34.0. The van der Waals surface area contributed by atoms with E-state index in [0.717, 1.165) is 25.0 Å². The molecule has 0 bridgehead atoms. The van der Waals surface area contributed by atoms with E-state index in [-0.39, 0.29) is 18.0 Å². The topological polar surface area (TPSA) is 53.1 Å². The van der Waals surface area contributed by atoms with Crippen molar-refractivity contribution in [2.24, 2.45) is 0 Å². The maximum Gasteiger partial charge on any atom is 0.167 e. The van der Waals surface area contributed by atoms with Crippen molar-refractivity contribution in [2.75, 3.05) is 5.73 Å². The summed E-state index contributed by atoms with van der Waals surface area (Å²) in [6.45, 7) is 4.27. The van der Waals surface area contributed by atoms with Gasteiger partial charge in [-0.25, -0.2) is 8.78 Å². The summed E-state index contributed by atoms with van der Waals surface area (Å²) in [4.78, 5) is 0. The molecule has 1 aromatic carbocycles. The molecule has 21 heavy (non-hydrogen) atoms. The van der Waals surface area contributed by atoms with Crippen LogP contribution in [0.1, 0.15) is 38.4 Å². The normalized spacial score (nSPS) is 11.1. The Morgan fingerprint density at radius 2 is 1.95 bits per heavy atom. The minimum Gasteiger partial charge on any atom is -0.484 e. The van der Waals surface area contributed by atoms with Gasteiger partial charge in [-0.3, -0.25) is 4.68 Å². The molecule has 114 valence electrons. The van der Waals surface area contributed by atoms with Gasteiger partial charge in [-0.05, 0) is 18.9 Å². The van der Waals surface area contributed by atoms with Crippen molar-refractivity contribution in [3.05, 3.63) is 41.7 Å². The Balaban J connectivity index is 2.05. The molecular weight excluding hydrogens is 276 g/mol. The van der Waals surface area contributed by atoms with Gasteiger partial charge in [0.1, 0.15) is 12.4 Å². The lowest BCUT2D eigenvalue weighted by atomic mass is 10.2. The Labute approximate surface area is 122 Å². The molecule has 0 radical (unpaired) electrons. The lowest BCUT2D eigenvalue weighted by molar-refractivity contribution is 0.281. The van der Waals surface area contributed by atoms with Crippen LogP contribution in [0.2, 0.25) is 0 Å². The van der Waals surface area contributed by atoms with Gasteiger partial charge >= 0.3 is 0 Å². The first kappa shape index (κ1) is 15.3. The summed E-state index contributed by atoms with van der Waals surface area (Å²) in [5, 5.41) is 4.39. The van der Waals surface area contributed by atoms with Crippen LogP contribution in [0.4, 0.5) is 14.5 Å². The highest BCUT2D eigenvalue weighted by Gasteiger charge is 2.11. The summed E-state index contributed by atoms with van der Waals surface area (Å²) in [6.07, 6.45) is 3.84. The standard InChI is InChI=1S/C15H19F2N3O/c1-3-11(4-2)20-6-5-10(19-20)9-21-15-8-12(16)14(18)7-13(15)17/h5-8,11H,3-4,9,18H2,1-2H3. The minimum absolute atomic E-state index is 0.0768. The average Bonchev–Trinajstić information content (AvgIpc) is 2.91. The van der Waals surface area contributed by atoms with E-state index in [0.29, 0.717) is 11.7 Å². The van der Waals surface area contributed by atoms with Gasteiger partial charge in [0.25, 0.3) is 0 Å². The highest BCUT2D eigenvalue weighted by molar-refractivity contribution is 5.44. The molecule has 2 rings (SSSR count). The van der Waals surface area contributed by atoms with Gasteiger partial charge in [-0.1, -0.05) is 13.8 Å². The van der Waals surface area contributed by atoms with E-state index in [1.54, 1.807) is 0 Å². The molecule has 0 spiro atoms. The number of rotatable bonds is 6. The van der Waals surface area contributed by atoms with E-state index in [1.807, 2.05) is 16.9 Å². The Morgan fingerprint density at radius 3 is 2.62 bits per heavy atom. The third kappa shape index (κ3) is 3.51. The van der Waals surface area contributed by atoms with Crippen LogP contribution in [-0.2, 0) is 6.61 Å². The largest absolute Gasteiger partial charge is 0.484 e. The number of nitrogens with two attached hydrogens (primary N) is 1. The Hall–Kier alpha value is -2.11. The van der Waals surface area contributed by atoms with Crippen molar-refractivity contribution in [2.45, 2.75) is 39.3 Å².